The SMILES string of the molecule is Cc1ccc2c(c1)N=C(C1CC1C(=O)O)C(C)CC2. The van der Waals surface area contributed by atoms with Gasteiger partial charge in [-0.2, -0.15) is 0 Å². The highest BCUT2D eigenvalue weighted by molar-refractivity contribution is 5.97. The number of nitrogens with zero attached hydrogens (tertiary/aromatic N) is 1. The van der Waals surface area contributed by atoms with Crippen LogP contribution in [0.15, 0.2) is 23.2 Å². The summed E-state index contributed by atoms with van der Waals surface area (Å²) in [4.78, 5) is 15.9. The molecule has 0 spiro atoms. The topological polar surface area (TPSA) is 49.7 Å². The zero-order valence-corrected chi connectivity index (χ0v) is 11.4. The van der Waals surface area contributed by atoms with Crippen LogP contribution in [0.4, 0.5) is 5.69 Å². The third kappa shape index (κ3) is 2.29. The fourth-order valence-corrected chi connectivity index (χ4v) is 3.00. The third-order valence-corrected chi connectivity index (χ3v) is 4.33. The fraction of sp³-hybridized carbons (Fsp3) is 0.500. The summed E-state index contributed by atoms with van der Waals surface area (Å²) in [7, 11) is 0. The van der Waals surface area contributed by atoms with Gasteiger partial charge in [-0.3, -0.25) is 9.79 Å². The summed E-state index contributed by atoms with van der Waals surface area (Å²) in [5.41, 5.74) is 4.66. The van der Waals surface area contributed by atoms with Crippen LogP contribution in [0.5, 0.6) is 0 Å². The van der Waals surface area contributed by atoms with Crippen molar-refractivity contribution in [3.63, 3.8) is 0 Å². The molecule has 0 radical (unpaired) electrons. The van der Waals surface area contributed by atoms with E-state index < -0.39 is 5.97 Å². The monoisotopic (exact) mass is 257 g/mol. The molecule has 0 amide bonds. The molecule has 1 aliphatic heterocycles. The highest BCUT2D eigenvalue weighted by atomic mass is 16.4. The molecular formula is C16H19NO2. The number of fused-ring (bicyclic) bond motifs is 1. The van der Waals surface area contributed by atoms with Gasteiger partial charge in [0.25, 0.3) is 0 Å². The average molecular weight is 257 g/mol. The van der Waals surface area contributed by atoms with E-state index in [2.05, 4.69) is 32.0 Å². The molecule has 2 aliphatic rings. The van der Waals surface area contributed by atoms with Crippen LogP contribution >= 0.6 is 0 Å². The molecular weight excluding hydrogens is 238 g/mol. The van der Waals surface area contributed by atoms with Gasteiger partial charge in [-0.25, -0.2) is 0 Å². The van der Waals surface area contributed by atoms with Crippen LogP contribution in [0, 0.1) is 24.7 Å². The largest absolute Gasteiger partial charge is 0.481 e. The molecule has 3 rings (SSSR count). The van der Waals surface area contributed by atoms with Crippen molar-refractivity contribution in [2.24, 2.45) is 22.7 Å². The Morgan fingerprint density at radius 2 is 2.21 bits per heavy atom. The zero-order valence-electron chi connectivity index (χ0n) is 11.4. The standard InChI is InChI=1S/C16H19NO2/c1-9-3-5-11-6-4-10(2)15(17-14(11)7-9)12-8-13(12)16(18)19/h3,5,7,10,12-13H,4,6,8H2,1-2H3,(H,18,19). The lowest BCUT2D eigenvalue weighted by atomic mass is 9.94. The van der Waals surface area contributed by atoms with E-state index >= 15 is 0 Å². The second-order valence-corrected chi connectivity index (χ2v) is 5.90. The Balaban J connectivity index is 1.96. The highest BCUT2D eigenvalue weighted by Crippen LogP contribution is 2.44. The van der Waals surface area contributed by atoms with Gasteiger partial charge in [-0.1, -0.05) is 19.1 Å². The van der Waals surface area contributed by atoms with Crippen LogP contribution in [0.3, 0.4) is 0 Å². The molecule has 1 fully saturated rings. The Morgan fingerprint density at radius 3 is 2.89 bits per heavy atom. The first kappa shape index (κ1) is 12.4. The van der Waals surface area contributed by atoms with Crippen molar-refractivity contribution in [2.75, 3.05) is 0 Å². The molecule has 1 N–H and O–H groups in total. The third-order valence-electron chi connectivity index (χ3n) is 4.33. The Hall–Kier alpha value is -1.64. The zero-order chi connectivity index (χ0) is 13.6. The van der Waals surface area contributed by atoms with Crippen LogP contribution in [-0.4, -0.2) is 16.8 Å². The van der Waals surface area contributed by atoms with Crippen LogP contribution in [-0.2, 0) is 11.2 Å². The smallest absolute Gasteiger partial charge is 0.307 e. The van der Waals surface area contributed by atoms with Crippen molar-refractivity contribution in [3.8, 4) is 0 Å². The average Bonchev–Trinajstić information content (AvgIpc) is 3.14. The summed E-state index contributed by atoms with van der Waals surface area (Å²) in [5, 5.41) is 9.10. The summed E-state index contributed by atoms with van der Waals surface area (Å²) in [6, 6.07) is 6.40. The van der Waals surface area contributed by atoms with E-state index in [1.54, 1.807) is 0 Å². The van der Waals surface area contributed by atoms with Gasteiger partial charge in [-0.05, 0) is 49.3 Å². The summed E-state index contributed by atoms with van der Waals surface area (Å²) in [6.45, 7) is 4.25. The van der Waals surface area contributed by atoms with Gasteiger partial charge in [-0.15, -0.1) is 0 Å². The molecule has 0 saturated heterocycles. The number of aliphatic carboxylic acids is 1. The van der Waals surface area contributed by atoms with Gasteiger partial charge < -0.3 is 5.11 Å². The number of rotatable bonds is 2. The lowest BCUT2D eigenvalue weighted by Crippen LogP contribution is -2.15. The number of carboxylic acids is 1. The van der Waals surface area contributed by atoms with Gasteiger partial charge in [0.2, 0.25) is 0 Å². The van der Waals surface area contributed by atoms with E-state index in [0.717, 1.165) is 30.7 Å². The Labute approximate surface area is 113 Å². The Morgan fingerprint density at radius 1 is 1.42 bits per heavy atom. The fourth-order valence-electron chi connectivity index (χ4n) is 3.00. The van der Waals surface area contributed by atoms with E-state index in [4.69, 9.17) is 10.1 Å². The first-order chi connectivity index (χ1) is 9.06. The van der Waals surface area contributed by atoms with Gasteiger partial charge in [0.15, 0.2) is 0 Å². The van der Waals surface area contributed by atoms with Crippen molar-refractivity contribution in [1.82, 2.24) is 0 Å². The summed E-state index contributed by atoms with van der Waals surface area (Å²) in [5.74, 6) is -0.317. The molecule has 0 aromatic heterocycles. The van der Waals surface area contributed by atoms with E-state index in [1.807, 2.05) is 0 Å². The minimum Gasteiger partial charge on any atom is -0.481 e. The summed E-state index contributed by atoms with van der Waals surface area (Å²) < 4.78 is 0. The molecule has 0 bridgehead atoms. The molecule has 1 aromatic rings. The van der Waals surface area contributed by atoms with E-state index in [-0.39, 0.29) is 11.8 Å². The van der Waals surface area contributed by atoms with Gasteiger partial charge in [0.05, 0.1) is 11.6 Å². The maximum atomic E-state index is 11.1. The quantitative estimate of drug-likeness (QED) is 0.883. The minimum atomic E-state index is -0.673. The van der Waals surface area contributed by atoms with Gasteiger partial charge in [0, 0.05) is 11.6 Å². The lowest BCUT2D eigenvalue weighted by molar-refractivity contribution is -0.138. The summed E-state index contributed by atoms with van der Waals surface area (Å²) in [6.07, 6.45) is 2.87. The number of aliphatic imine (C=N–C) groups is 1. The predicted molar refractivity (Wildman–Crippen MR) is 75.0 cm³/mol. The molecule has 3 unspecified atom stereocenters. The van der Waals surface area contributed by atoms with Crippen LogP contribution in [0.25, 0.3) is 0 Å². The maximum Gasteiger partial charge on any atom is 0.307 e. The van der Waals surface area contributed by atoms with Crippen LogP contribution < -0.4 is 0 Å². The molecule has 1 aliphatic carbocycles. The maximum absolute atomic E-state index is 11.1. The Kier molecular flexibility index (Phi) is 2.92. The molecule has 3 nitrogen and oxygen atoms in total. The second kappa shape index (κ2) is 4.48. The molecule has 1 aromatic carbocycles. The predicted octanol–water partition coefficient (Wildman–Crippen LogP) is 3.37. The minimum absolute atomic E-state index is 0.166. The number of aryl methyl sites for hydroxylation is 2. The normalized spacial score (nSPS) is 29.2. The van der Waals surface area contributed by atoms with E-state index in [0.29, 0.717) is 5.92 Å². The van der Waals surface area contributed by atoms with Crippen molar-refractivity contribution in [1.29, 1.82) is 0 Å². The van der Waals surface area contributed by atoms with Crippen LogP contribution in [0.1, 0.15) is 30.9 Å². The first-order valence-corrected chi connectivity index (χ1v) is 6.97. The molecule has 3 heteroatoms. The van der Waals surface area contributed by atoms with Crippen LogP contribution in [0.2, 0.25) is 0 Å². The second-order valence-electron chi connectivity index (χ2n) is 5.90. The number of benzene rings is 1. The number of carbonyl (C=O) groups is 1. The van der Waals surface area contributed by atoms with E-state index in [9.17, 15) is 4.79 Å². The first-order valence-electron chi connectivity index (χ1n) is 6.97. The number of carboxylic acid groups (broad SMARTS) is 1. The van der Waals surface area contributed by atoms with Crippen molar-refractivity contribution < 1.29 is 9.90 Å². The Bertz CT molecular complexity index is 562. The van der Waals surface area contributed by atoms with Crippen molar-refractivity contribution in [2.45, 2.75) is 33.1 Å². The molecule has 3 atom stereocenters. The summed E-state index contributed by atoms with van der Waals surface area (Å²) >= 11 is 0. The molecule has 1 heterocycles. The van der Waals surface area contributed by atoms with Gasteiger partial charge in [0.1, 0.15) is 0 Å². The highest BCUT2D eigenvalue weighted by Gasteiger charge is 2.47. The van der Waals surface area contributed by atoms with Gasteiger partial charge >= 0.3 is 5.97 Å². The molecule has 100 valence electrons. The van der Waals surface area contributed by atoms with E-state index in [1.165, 1.54) is 11.1 Å². The lowest BCUT2D eigenvalue weighted by Gasteiger charge is -2.11. The van der Waals surface area contributed by atoms with Crippen molar-refractivity contribution in [3.05, 3.63) is 29.3 Å². The van der Waals surface area contributed by atoms with Crippen molar-refractivity contribution >= 4 is 17.4 Å². The molecule has 19 heavy (non-hydrogen) atoms. The number of hydrogen-bond donors (Lipinski definition) is 1. The number of hydrogen-bond acceptors (Lipinski definition) is 2. The molecule has 1 saturated carbocycles.